The zero-order valence-electron chi connectivity index (χ0n) is 16.4. The van der Waals surface area contributed by atoms with Crippen LogP contribution in [0.4, 0.5) is 4.79 Å². The summed E-state index contributed by atoms with van der Waals surface area (Å²) in [6.07, 6.45) is -1.38. The van der Waals surface area contributed by atoms with Crippen molar-refractivity contribution < 1.29 is 33.8 Å². The van der Waals surface area contributed by atoms with E-state index < -0.39 is 41.9 Å². The number of amides is 2. The van der Waals surface area contributed by atoms with E-state index in [0.29, 0.717) is 0 Å². The second-order valence-electron chi connectivity index (χ2n) is 6.81. The molecule has 0 radical (unpaired) electrons. The summed E-state index contributed by atoms with van der Waals surface area (Å²) in [5.41, 5.74) is -1.10. The predicted octanol–water partition coefficient (Wildman–Crippen LogP) is 1.46. The van der Waals surface area contributed by atoms with Crippen LogP contribution in [-0.4, -0.2) is 47.7 Å². The zero-order chi connectivity index (χ0) is 21.3. The molecule has 154 valence electrons. The van der Waals surface area contributed by atoms with E-state index in [9.17, 15) is 24.3 Å². The van der Waals surface area contributed by atoms with Crippen LogP contribution in [0.5, 0.6) is 0 Å². The molecule has 1 aromatic carbocycles. The second kappa shape index (κ2) is 10.3. The third-order valence-electron chi connectivity index (χ3n) is 4.03. The van der Waals surface area contributed by atoms with E-state index in [0.717, 1.165) is 12.7 Å². The van der Waals surface area contributed by atoms with Crippen LogP contribution in [0.3, 0.4) is 0 Å². The first-order valence-corrected chi connectivity index (χ1v) is 8.68. The number of hydrogen-bond donors (Lipinski definition) is 3. The Labute approximate surface area is 163 Å². The molecule has 1 aromatic rings. The summed E-state index contributed by atoms with van der Waals surface area (Å²) in [6, 6.07) is 7.94. The van der Waals surface area contributed by atoms with Crippen molar-refractivity contribution in [2.75, 3.05) is 7.11 Å². The van der Waals surface area contributed by atoms with E-state index in [4.69, 9.17) is 4.74 Å². The van der Waals surface area contributed by atoms with E-state index in [-0.39, 0.29) is 12.5 Å². The molecule has 0 fully saturated rings. The van der Waals surface area contributed by atoms with Gasteiger partial charge in [-0.25, -0.2) is 9.59 Å². The molecule has 2 atom stereocenters. The highest BCUT2D eigenvalue weighted by Crippen LogP contribution is 2.13. The zero-order valence-corrected chi connectivity index (χ0v) is 16.4. The van der Waals surface area contributed by atoms with Crippen LogP contribution in [0.2, 0.25) is 0 Å². The molecule has 0 aliphatic heterocycles. The molecule has 3 N–H and O–H groups in total. The molecule has 0 heterocycles. The lowest BCUT2D eigenvalue weighted by Gasteiger charge is -2.29. The van der Waals surface area contributed by atoms with Crippen LogP contribution in [0.25, 0.3) is 0 Å². The minimum Gasteiger partial charge on any atom is -0.479 e. The number of hydrogen-bond acceptors (Lipinski definition) is 6. The van der Waals surface area contributed by atoms with Crippen LogP contribution < -0.4 is 10.6 Å². The number of methoxy groups -OCH3 is 1. The molecule has 9 nitrogen and oxygen atoms in total. The van der Waals surface area contributed by atoms with Crippen LogP contribution >= 0.6 is 0 Å². The van der Waals surface area contributed by atoms with Crippen molar-refractivity contribution in [3.8, 4) is 0 Å². The lowest BCUT2D eigenvalue weighted by atomic mass is 9.95. The Morgan fingerprint density at radius 1 is 1.14 bits per heavy atom. The number of aliphatic carboxylic acids is 1. The fourth-order valence-corrected chi connectivity index (χ4v) is 2.31. The number of carboxylic acid groups (broad SMARTS) is 1. The predicted molar refractivity (Wildman–Crippen MR) is 99.2 cm³/mol. The Kier molecular flexibility index (Phi) is 8.43. The maximum atomic E-state index is 12.6. The van der Waals surface area contributed by atoms with Crippen molar-refractivity contribution in [2.24, 2.45) is 5.92 Å². The molecule has 0 aliphatic rings. The molecule has 0 aliphatic carbocycles. The standard InChI is InChI=1S/C19H26N2O7/c1-12(2)15(20-18(26)28-11-13-8-6-5-7-9-13)16(23)21-19(3,17(24)25)10-14(22)27-4/h5-9,12,15H,10-11H2,1-4H3,(H,20,26)(H,21,23)(H,24,25)/t15-,19?/m0/s1. The van der Waals surface area contributed by atoms with Crippen molar-refractivity contribution in [1.82, 2.24) is 10.6 Å². The Bertz CT molecular complexity index is 705. The smallest absolute Gasteiger partial charge is 0.408 e. The van der Waals surface area contributed by atoms with Gasteiger partial charge in [0.05, 0.1) is 13.5 Å². The average Bonchev–Trinajstić information content (AvgIpc) is 2.64. The molecule has 9 heteroatoms. The second-order valence-corrected chi connectivity index (χ2v) is 6.81. The maximum absolute atomic E-state index is 12.6. The summed E-state index contributed by atoms with van der Waals surface area (Å²) in [6.45, 7) is 4.57. The van der Waals surface area contributed by atoms with Gasteiger partial charge in [-0.1, -0.05) is 44.2 Å². The van der Waals surface area contributed by atoms with Crippen molar-refractivity contribution in [2.45, 2.75) is 45.4 Å². The molecule has 0 aromatic heterocycles. The van der Waals surface area contributed by atoms with Gasteiger partial charge < -0.3 is 25.2 Å². The number of carbonyl (C=O) groups excluding carboxylic acids is 3. The minimum atomic E-state index is -1.88. The van der Waals surface area contributed by atoms with Gasteiger partial charge in [-0.3, -0.25) is 9.59 Å². The van der Waals surface area contributed by atoms with Crippen LogP contribution in [0.15, 0.2) is 30.3 Å². The summed E-state index contributed by atoms with van der Waals surface area (Å²) < 4.78 is 9.58. The van der Waals surface area contributed by atoms with Crippen LogP contribution in [0.1, 0.15) is 32.8 Å². The van der Waals surface area contributed by atoms with Crippen molar-refractivity contribution in [3.63, 3.8) is 0 Å². The summed E-state index contributed by atoms with van der Waals surface area (Å²) in [7, 11) is 1.12. The first-order valence-electron chi connectivity index (χ1n) is 8.68. The Morgan fingerprint density at radius 2 is 1.75 bits per heavy atom. The number of nitrogens with one attached hydrogen (secondary N) is 2. The summed E-state index contributed by atoms with van der Waals surface area (Å²) in [5, 5.41) is 14.1. The van der Waals surface area contributed by atoms with Gasteiger partial charge in [0, 0.05) is 0 Å². The number of alkyl carbamates (subject to hydrolysis) is 1. The van der Waals surface area contributed by atoms with Crippen LogP contribution in [-0.2, 0) is 30.5 Å². The topological polar surface area (TPSA) is 131 Å². The van der Waals surface area contributed by atoms with Gasteiger partial charge in [-0.2, -0.15) is 0 Å². The molecule has 28 heavy (non-hydrogen) atoms. The number of benzene rings is 1. The van der Waals surface area contributed by atoms with Gasteiger partial charge in [0.2, 0.25) is 5.91 Å². The Balaban J connectivity index is 2.77. The Hall–Kier alpha value is -3.10. The highest BCUT2D eigenvalue weighted by Gasteiger charge is 2.40. The molecule has 0 saturated carbocycles. The minimum absolute atomic E-state index is 0.0221. The monoisotopic (exact) mass is 394 g/mol. The lowest BCUT2D eigenvalue weighted by molar-refractivity contribution is -0.154. The number of ether oxygens (including phenoxy) is 2. The SMILES string of the molecule is COC(=O)CC(C)(NC(=O)[C@@H](NC(=O)OCc1ccccc1)C(C)C)C(=O)O. The molecule has 0 spiro atoms. The van der Waals surface area contributed by atoms with Gasteiger partial charge in [-0.05, 0) is 18.4 Å². The average molecular weight is 394 g/mol. The fraction of sp³-hybridized carbons (Fsp3) is 0.474. The number of carbonyl (C=O) groups is 4. The van der Waals surface area contributed by atoms with Crippen molar-refractivity contribution in [1.29, 1.82) is 0 Å². The summed E-state index contributed by atoms with van der Waals surface area (Å²) >= 11 is 0. The first kappa shape index (κ1) is 22.9. The normalized spacial score (nSPS) is 13.8. The number of esters is 1. The molecule has 2 amide bonds. The van der Waals surface area contributed by atoms with E-state index in [2.05, 4.69) is 15.4 Å². The largest absolute Gasteiger partial charge is 0.479 e. The highest BCUT2D eigenvalue weighted by molar-refractivity contribution is 5.93. The van der Waals surface area contributed by atoms with Gasteiger partial charge in [0.15, 0.2) is 0 Å². The van der Waals surface area contributed by atoms with E-state index in [1.807, 2.05) is 6.07 Å². The molecular weight excluding hydrogens is 368 g/mol. The first-order chi connectivity index (χ1) is 13.1. The number of carboxylic acids is 1. The highest BCUT2D eigenvalue weighted by atomic mass is 16.5. The lowest BCUT2D eigenvalue weighted by Crippen LogP contribution is -2.59. The molecule has 0 saturated heterocycles. The third kappa shape index (κ3) is 6.90. The van der Waals surface area contributed by atoms with Gasteiger partial charge >= 0.3 is 18.0 Å². The van der Waals surface area contributed by atoms with E-state index >= 15 is 0 Å². The fourth-order valence-electron chi connectivity index (χ4n) is 2.31. The molecule has 0 bridgehead atoms. The Morgan fingerprint density at radius 3 is 2.25 bits per heavy atom. The van der Waals surface area contributed by atoms with E-state index in [1.54, 1.807) is 38.1 Å². The molecule has 1 unspecified atom stereocenters. The molecular formula is C19H26N2O7. The van der Waals surface area contributed by atoms with Crippen molar-refractivity contribution in [3.05, 3.63) is 35.9 Å². The maximum Gasteiger partial charge on any atom is 0.408 e. The third-order valence-corrected chi connectivity index (χ3v) is 4.03. The van der Waals surface area contributed by atoms with E-state index in [1.165, 1.54) is 6.92 Å². The van der Waals surface area contributed by atoms with Gasteiger partial charge in [-0.15, -0.1) is 0 Å². The quantitative estimate of drug-likeness (QED) is 0.540. The van der Waals surface area contributed by atoms with Crippen molar-refractivity contribution >= 4 is 23.9 Å². The van der Waals surface area contributed by atoms with Gasteiger partial charge in [0.25, 0.3) is 0 Å². The van der Waals surface area contributed by atoms with Crippen LogP contribution in [0, 0.1) is 5.92 Å². The summed E-state index contributed by atoms with van der Waals surface area (Å²) in [4.78, 5) is 47.7. The molecule has 1 rings (SSSR count). The summed E-state index contributed by atoms with van der Waals surface area (Å²) in [5.74, 6) is -3.30. The number of rotatable bonds is 9. The van der Waals surface area contributed by atoms with Gasteiger partial charge in [0.1, 0.15) is 18.2 Å².